The van der Waals surface area contributed by atoms with Crippen LogP contribution in [0.1, 0.15) is 12.5 Å². The van der Waals surface area contributed by atoms with Crippen molar-refractivity contribution in [3.05, 3.63) is 23.8 Å². The predicted molar refractivity (Wildman–Crippen MR) is 67.5 cm³/mol. The minimum atomic E-state index is -0.133. The monoisotopic (exact) mass is 243 g/mol. The molecule has 0 aliphatic heterocycles. The van der Waals surface area contributed by atoms with E-state index in [1.807, 2.05) is 6.92 Å². The van der Waals surface area contributed by atoms with Gasteiger partial charge in [-0.1, -0.05) is 0 Å². The zero-order chi connectivity index (χ0) is 13.1. The fourth-order valence-corrected chi connectivity index (χ4v) is 1.77. The third-order valence-corrected chi connectivity index (χ3v) is 2.58. The molecule has 1 amide bonds. The Morgan fingerprint density at radius 1 is 1.61 bits per heavy atom. The first kappa shape index (κ1) is 11.9. The number of rotatable bonds is 3. The number of nitrogens with two attached hydrogens (primary N) is 1. The lowest BCUT2D eigenvalue weighted by molar-refractivity contribution is -0.121. The van der Waals surface area contributed by atoms with Gasteiger partial charge in [-0.3, -0.25) is 4.79 Å². The number of carbonyl (C=O) groups excluding carboxylic acids is 1. The summed E-state index contributed by atoms with van der Waals surface area (Å²) < 4.78 is 1.60. The maximum absolute atomic E-state index is 11.6. The van der Waals surface area contributed by atoms with Crippen LogP contribution >= 0.6 is 0 Å². The van der Waals surface area contributed by atoms with Gasteiger partial charge in [-0.05, 0) is 25.1 Å². The third kappa shape index (κ3) is 2.11. The van der Waals surface area contributed by atoms with Gasteiger partial charge in [0.25, 0.3) is 0 Å². The molecule has 2 rings (SSSR count). The normalized spacial score (nSPS) is 10.2. The van der Waals surface area contributed by atoms with Crippen molar-refractivity contribution >= 4 is 22.9 Å². The van der Waals surface area contributed by atoms with Gasteiger partial charge in [-0.15, -0.1) is 0 Å². The van der Waals surface area contributed by atoms with Gasteiger partial charge in [0.15, 0.2) is 0 Å². The number of benzene rings is 1. The minimum absolute atomic E-state index is 0.102. The maximum Gasteiger partial charge on any atom is 0.240 e. The molecule has 1 heterocycles. The van der Waals surface area contributed by atoms with Gasteiger partial charge in [0.2, 0.25) is 11.9 Å². The predicted octanol–water partition coefficient (Wildman–Crippen LogP) is 0.626. The summed E-state index contributed by atoms with van der Waals surface area (Å²) in [4.78, 5) is 15.7. The number of aromatic nitrogens is 2. The van der Waals surface area contributed by atoms with Crippen molar-refractivity contribution in [3.8, 4) is 6.07 Å². The van der Waals surface area contributed by atoms with E-state index >= 15 is 0 Å². The Balaban J connectivity index is 2.45. The van der Waals surface area contributed by atoms with Gasteiger partial charge < -0.3 is 15.6 Å². The molecule has 0 fully saturated rings. The molecule has 92 valence electrons. The van der Waals surface area contributed by atoms with Crippen molar-refractivity contribution in [3.63, 3.8) is 0 Å². The Hall–Kier alpha value is -2.55. The summed E-state index contributed by atoms with van der Waals surface area (Å²) in [5.74, 6) is 0.136. The van der Waals surface area contributed by atoms with E-state index in [4.69, 9.17) is 11.0 Å². The second-order valence-corrected chi connectivity index (χ2v) is 3.82. The Bertz CT molecular complexity index is 638. The summed E-state index contributed by atoms with van der Waals surface area (Å²) in [6, 6.07) is 7.12. The van der Waals surface area contributed by atoms with E-state index in [1.54, 1.807) is 22.8 Å². The van der Waals surface area contributed by atoms with Gasteiger partial charge in [0.1, 0.15) is 6.54 Å². The molecule has 0 bridgehead atoms. The maximum atomic E-state index is 11.6. The number of amides is 1. The van der Waals surface area contributed by atoms with Crippen molar-refractivity contribution in [2.24, 2.45) is 0 Å². The summed E-state index contributed by atoms with van der Waals surface area (Å²) in [5.41, 5.74) is 7.66. The number of nitrogen functional groups attached to an aromatic ring is 1. The average molecular weight is 243 g/mol. The van der Waals surface area contributed by atoms with E-state index in [0.717, 1.165) is 0 Å². The molecule has 18 heavy (non-hydrogen) atoms. The van der Waals surface area contributed by atoms with Crippen LogP contribution in [0, 0.1) is 11.3 Å². The molecule has 0 saturated heterocycles. The molecule has 0 atom stereocenters. The van der Waals surface area contributed by atoms with Crippen molar-refractivity contribution in [2.75, 3.05) is 12.3 Å². The fourth-order valence-electron chi connectivity index (χ4n) is 1.77. The van der Waals surface area contributed by atoms with Crippen LogP contribution in [0.2, 0.25) is 0 Å². The zero-order valence-electron chi connectivity index (χ0n) is 9.97. The number of nitrogens with one attached hydrogen (secondary N) is 1. The summed E-state index contributed by atoms with van der Waals surface area (Å²) in [6.45, 7) is 2.51. The third-order valence-electron chi connectivity index (χ3n) is 2.58. The van der Waals surface area contributed by atoms with Crippen molar-refractivity contribution < 1.29 is 4.79 Å². The van der Waals surface area contributed by atoms with E-state index in [-0.39, 0.29) is 18.4 Å². The van der Waals surface area contributed by atoms with Gasteiger partial charge in [0.05, 0.1) is 22.7 Å². The number of nitrogens with zero attached hydrogens (tertiary/aromatic N) is 3. The van der Waals surface area contributed by atoms with E-state index in [9.17, 15) is 4.79 Å². The summed E-state index contributed by atoms with van der Waals surface area (Å²) >= 11 is 0. The van der Waals surface area contributed by atoms with Crippen molar-refractivity contribution in [2.45, 2.75) is 13.5 Å². The van der Waals surface area contributed by atoms with E-state index in [2.05, 4.69) is 16.4 Å². The zero-order valence-corrected chi connectivity index (χ0v) is 9.97. The van der Waals surface area contributed by atoms with Gasteiger partial charge in [-0.2, -0.15) is 5.26 Å². The van der Waals surface area contributed by atoms with Gasteiger partial charge in [-0.25, -0.2) is 4.98 Å². The lowest BCUT2D eigenvalue weighted by Crippen LogP contribution is -2.27. The van der Waals surface area contributed by atoms with Gasteiger partial charge in [0, 0.05) is 6.54 Å². The molecule has 0 aliphatic carbocycles. The number of fused-ring (bicyclic) bond motifs is 1. The van der Waals surface area contributed by atoms with Crippen LogP contribution in [-0.2, 0) is 11.3 Å². The number of hydrogen-bond acceptors (Lipinski definition) is 4. The standard InChI is InChI=1S/C12H13N5O/c1-2-15-11(18)7-17-10-5-8(6-13)3-4-9(10)16-12(17)14/h3-5H,2,7H2,1H3,(H2,14,16)(H,15,18). The number of hydrogen-bond donors (Lipinski definition) is 2. The molecule has 0 saturated carbocycles. The molecule has 0 spiro atoms. The molecule has 0 radical (unpaired) electrons. The SMILES string of the molecule is CCNC(=O)Cn1c(N)nc2ccc(C#N)cc21. The number of nitriles is 1. The molecular weight excluding hydrogens is 230 g/mol. The number of anilines is 1. The molecular formula is C12H13N5O. The molecule has 6 heteroatoms. The summed E-state index contributed by atoms with van der Waals surface area (Å²) in [7, 11) is 0. The number of carbonyl (C=O) groups is 1. The smallest absolute Gasteiger partial charge is 0.240 e. The molecule has 0 aliphatic rings. The summed E-state index contributed by atoms with van der Waals surface area (Å²) in [5, 5.41) is 11.6. The van der Waals surface area contributed by atoms with Crippen LogP contribution in [0.4, 0.5) is 5.95 Å². The Kier molecular flexibility index (Phi) is 3.15. The average Bonchev–Trinajstić information content (AvgIpc) is 2.65. The largest absolute Gasteiger partial charge is 0.369 e. The highest BCUT2D eigenvalue weighted by Crippen LogP contribution is 2.18. The highest BCUT2D eigenvalue weighted by molar-refractivity contribution is 5.83. The minimum Gasteiger partial charge on any atom is -0.369 e. The molecule has 0 unspecified atom stereocenters. The summed E-state index contributed by atoms with van der Waals surface area (Å²) in [6.07, 6.45) is 0. The number of imidazole rings is 1. The van der Waals surface area contributed by atoms with Crippen LogP contribution in [0.15, 0.2) is 18.2 Å². The first-order valence-corrected chi connectivity index (χ1v) is 5.58. The number of likely N-dealkylation sites (N-methyl/N-ethyl adjacent to an activating group) is 1. The van der Waals surface area contributed by atoms with Crippen LogP contribution in [-0.4, -0.2) is 22.0 Å². The highest BCUT2D eigenvalue weighted by Gasteiger charge is 2.11. The second kappa shape index (κ2) is 4.75. The van der Waals surface area contributed by atoms with Crippen LogP contribution in [0.3, 0.4) is 0 Å². The van der Waals surface area contributed by atoms with Crippen LogP contribution in [0.25, 0.3) is 11.0 Å². The highest BCUT2D eigenvalue weighted by atomic mass is 16.1. The molecule has 1 aromatic carbocycles. The molecule has 1 aromatic heterocycles. The topological polar surface area (TPSA) is 96.7 Å². The quantitative estimate of drug-likeness (QED) is 0.826. The Morgan fingerprint density at radius 2 is 2.39 bits per heavy atom. The fraction of sp³-hybridized carbons (Fsp3) is 0.250. The first-order valence-electron chi connectivity index (χ1n) is 5.58. The Morgan fingerprint density at radius 3 is 3.06 bits per heavy atom. The molecule has 2 aromatic rings. The van der Waals surface area contributed by atoms with Crippen molar-refractivity contribution in [1.29, 1.82) is 5.26 Å². The van der Waals surface area contributed by atoms with Crippen LogP contribution < -0.4 is 11.1 Å². The van der Waals surface area contributed by atoms with Crippen LogP contribution in [0.5, 0.6) is 0 Å². The van der Waals surface area contributed by atoms with E-state index in [1.165, 1.54) is 0 Å². The Labute approximate surface area is 104 Å². The lowest BCUT2D eigenvalue weighted by atomic mass is 10.2. The van der Waals surface area contributed by atoms with Crippen molar-refractivity contribution in [1.82, 2.24) is 14.9 Å². The van der Waals surface area contributed by atoms with E-state index in [0.29, 0.717) is 23.1 Å². The molecule has 3 N–H and O–H groups in total. The second-order valence-electron chi connectivity index (χ2n) is 3.82. The van der Waals surface area contributed by atoms with E-state index < -0.39 is 0 Å². The first-order chi connectivity index (χ1) is 8.65. The lowest BCUT2D eigenvalue weighted by Gasteiger charge is -2.06. The van der Waals surface area contributed by atoms with Gasteiger partial charge >= 0.3 is 0 Å². The molecule has 6 nitrogen and oxygen atoms in total.